The summed E-state index contributed by atoms with van der Waals surface area (Å²) in [4.78, 5) is 6.87. The second-order valence-electron chi connectivity index (χ2n) is 6.60. The first kappa shape index (κ1) is 19.4. The quantitative estimate of drug-likeness (QED) is 0.529. The van der Waals surface area contributed by atoms with Gasteiger partial charge in [-0.1, -0.05) is 6.07 Å². The fourth-order valence-electron chi connectivity index (χ4n) is 2.97. The molecule has 0 amide bonds. The lowest BCUT2D eigenvalue weighted by Gasteiger charge is -2.26. The van der Waals surface area contributed by atoms with E-state index in [-0.39, 0.29) is 0 Å². The highest BCUT2D eigenvalue weighted by Gasteiger charge is 2.30. The number of nitrogens with one attached hydrogen (secondary N) is 2. The Kier molecular flexibility index (Phi) is 7.37. The van der Waals surface area contributed by atoms with Crippen molar-refractivity contribution in [2.75, 3.05) is 34.4 Å². The third kappa shape index (κ3) is 5.81. The van der Waals surface area contributed by atoms with E-state index in [1.54, 1.807) is 21.3 Å². The zero-order chi connectivity index (χ0) is 18.2. The molecule has 1 fully saturated rings. The van der Waals surface area contributed by atoms with Crippen LogP contribution in [0.25, 0.3) is 0 Å². The lowest BCUT2D eigenvalue weighted by Crippen LogP contribution is -2.43. The Labute approximate surface area is 151 Å². The molecule has 1 aromatic carbocycles. The molecule has 1 aromatic rings. The fraction of sp³-hybridized carbons (Fsp3) is 0.632. The van der Waals surface area contributed by atoms with Gasteiger partial charge in [-0.3, -0.25) is 9.89 Å². The summed E-state index contributed by atoms with van der Waals surface area (Å²) in [7, 11) is 5.09. The Hall–Kier alpha value is -1.95. The topological polar surface area (TPSA) is 58.1 Å². The molecule has 0 aromatic heterocycles. The van der Waals surface area contributed by atoms with Gasteiger partial charge in [0, 0.05) is 38.8 Å². The van der Waals surface area contributed by atoms with E-state index >= 15 is 0 Å². The van der Waals surface area contributed by atoms with E-state index in [1.807, 2.05) is 18.2 Å². The smallest absolute Gasteiger partial charge is 0.191 e. The summed E-state index contributed by atoms with van der Waals surface area (Å²) in [6, 6.07) is 7.30. The Morgan fingerprint density at radius 1 is 1.20 bits per heavy atom. The van der Waals surface area contributed by atoms with E-state index < -0.39 is 0 Å². The molecule has 0 bridgehead atoms. The summed E-state index contributed by atoms with van der Waals surface area (Å²) in [6.07, 6.45) is 2.68. The molecule has 2 N–H and O–H groups in total. The van der Waals surface area contributed by atoms with Gasteiger partial charge in [0.2, 0.25) is 0 Å². The minimum absolute atomic E-state index is 0.594. The summed E-state index contributed by atoms with van der Waals surface area (Å²) in [6.45, 7) is 7.14. The molecule has 0 heterocycles. The number of guanidine groups is 1. The normalized spacial score (nSPS) is 14.8. The lowest BCUT2D eigenvalue weighted by atomic mass is 10.2. The first-order valence-corrected chi connectivity index (χ1v) is 9.00. The molecule has 1 saturated carbocycles. The predicted octanol–water partition coefficient (Wildman–Crippen LogP) is 2.24. The van der Waals surface area contributed by atoms with Crippen LogP contribution in [0.4, 0.5) is 0 Å². The van der Waals surface area contributed by atoms with Gasteiger partial charge in [-0.25, -0.2) is 0 Å². The molecular formula is C19H32N4O2. The van der Waals surface area contributed by atoms with Crippen molar-refractivity contribution in [1.29, 1.82) is 0 Å². The molecule has 1 aliphatic carbocycles. The van der Waals surface area contributed by atoms with Gasteiger partial charge < -0.3 is 20.1 Å². The summed E-state index contributed by atoms with van der Waals surface area (Å²) in [5.41, 5.74) is 1.11. The van der Waals surface area contributed by atoms with Crippen LogP contribution in [0.5, 0.6) is 11.5 Å². The zero-order valence-electron chi connectivity index (χ0n) is 16.1. The Bertz CT molecular complexity index is 569. The van der Waals surface area contributed by atoms with Crippen LogP contribution in [0.2, 0.25) is 0 Å². The van der Waals surface area contributed by atoms with Gasteiger partial charge in [-0.2, -0.15) is 0 Å². The molecule has 0 unspecified atom stereocenters. The van der Waals surface area contributed by atoms with Gasteiger partial charge in [0.1, 0.15) is 0 Å². The van der Waals surface area contributed by atoms with Gasteiger partial charge >= 0.3 is 0 Å². The van der Waals surface area contributed by atoms with Crippen LogP contribution in [-0.4, -0.2) is 57.3 Å². The van der Waals surface area contributed by atoms with Crippen LogP contribution in [0.3, 0.4) is 0 Å². The summed E-state index contributed by atoms with van der Waals surface area (Å²) < 4.78 is 10.6. The standard InChI is InChI=1S/C19H32N4O2/c1-14(2)23(16-7-8-16)11-10-21-19(20-3)22-13-15-6-9-17(24-4)18(12-15)25-5/h6,9,12,14,16H,7-8,10-11,13H2,1-5H3,(H2,20,21,22). The van der Waals surface area contributed by atoms with Crippen molar-refractivity contribution < 1.29 is 9.47 Å². The van der Waals surface area contributed by atoms with Gasteiger partial charge in [0.15, 0.2) is 17.5 Å². The fourth-order valence-corrected chi connectivity index (χ4v) is 2.97. The Morgan fingerprint density at radius 3 is 2.48 bits per heavy atom. The number of aliphatic imine (C=N–C) groups is 1. The van der Waals surface area contributed by atoms with Crippen molar-refractivity contribution in [1.82, 2.24) is 15.5 Å². The van der Waals surface area contributed by atoms with Crippen molar-refractivity contribution >= 4 is 5.96 Å². The largest absolute Gasteiger partial charge is 0.493 e. The number of rotatable bonds is 9. The van der Waals surface area contributed by atoms with E-state index in [0.29, 0.717) is 12.6 Å². The van der Waals surface area contributed by atoms with E-state index in [4.69, 9.17) is 9.47 Å². The van der Waals surface area contributed by atoms with Crippen molar-refractivity contribution in [3.8, 4) is 11.5 Å². The molecule has 0 saturated heterocycles. The summed E-state index contributed by atoms with van der Waals surface area (Å²) >= 11 is 0. The highest BCUT2D eigenvalue weighted by Crippen LogP contribution is 2.28. The van der Waals surface area contributed by atoms with Crippen LogP contribution >= 0.6 is 0 Å². The van der Waals surface area contributed by atoms with Crippen LogP contribution in [0, 0.1) is 0 Å². The predicted molar refractivity (Wildman–Crippen MR) is 103 cm³/mol. The minimum Gasteiger partial charge on any atom is -0.493 e. The Morgan fingerprint density at radius 2 is 1.92 bits per heavy atom. The molecular weight excluding hydrogens is 316 g/mol. The van der Waals surface area contributed by atoms with Crippen molar-refractivity contribution in [3.63, 3.8) is 0 Å². The average Bonchev–Trinajstić information content (AvgIpc) is 3.45. The molecule has 140 valence electrons. The number of hydrogen-bond acceptors (Lipinski definition) is 4. The van der Waals surface area contributed by atoms with Gasteiger partial charge in [-0.05, 0) is 44.4 Å². The summed E-state index contributed by atoms with van der Waals surface area (Å²) in [5.74, 6) is 2.29. The lowest BCUT2D eigenvalue weighted by molar-refractivity contribution is 0.215. The van der Waals surface area contributed by atoms with Crippen molar-refractivity contribution in [2.45, 2.75) is 45.3 Å². The second-order valence-corrected chi connectivity index (χ2v) is 6.60. The van der Waals surface area contributed by atoms with Gasteiger partial charge in [0.05, 0.1) is 14.2 Å². The highest BCUT2D eigenvalue weighted by atomic mass is 16.5. The number of ether oxygens (including phenoxy) is 2. The van der Waals surface area contributed by atoms with Crippen molar-refractivity contribution in [2.24, 2.45) is 4.99 Å². The second kappa shape index (κ2) is 9.51. The van der Waals surface area contributed by atoms with Crippen LogP contribution in [0.1, 0.15) is 32.3 Å². The third-order valence-corrected chi connectivity index (χ3v) is 4.47. The van der Waals surface area contributed by atoms with Crippen LogP contribution in [0.15, 0.2) is 23.2 Å². The highest BCUT2D eigenvalue weighted by molar-refractivity contribution is 5.79. The number of nitrogens with zero attached hydrogens (tertiary/aromatic N) is 2. The van der Waals surface area contributed by atoms with E-state index in [1.165, 1.54) is 12.8 Å². The molecule has 0 spiro atoms. The molecule has 0 radical (unpaired) electrons. The van der Waals surface area contributed by atoms with Gasteiger partial charge in [0.25, 0.3) is 0 Å². The molecule has 2 rings (SSSR count). The van der Waals surface area contributed by atoms with Gasteiger partial charge in [-0.15, -0.1) is 0 Å². The summed E-state index contributed by atoms with van der Waals surface area (Å²) in [5, 5.41) is 6.75. The molecule has 1 aliphatic rings. The van der Waals surface area contributed by atoms with Crippen LogP contribution < -0.4 is 20.1 Å². The van der Waals surface area contributed by atoms with Crippen LogP contribution in [-0.2, 0) is 6.54 Å². The number of hydrogen-bond donors (Lipinski definition) is 2. The number of methoxy groups -OCH3 is 2. The molecule has 6 nitrogen and oxygen atoms in total. The molecule has 0 atom stereocenters. The first-order valence-electron chi connectivity index (χ1n) is 9.00. The zero-order valence-corrected chi connectivity index (χ0v) is 16.1. The molecule has 25 heavy (non-hydrogen) atoms. The maximum Gasteiger partial charge on any atom is 0.191 e. The average molecular weight is 348 g/mol. The van der Waals surface area contributed by atoms with E-state index in [0.717, 1.165) is 42.2 Å². The van der Waals surface area contributed by atoms with E-state index in [9.17, 15) is 0 Å². The molecule has 6 heteroatoms. The first-order chi connectivity index (χ1) is 12.1. The monoisotopic (exact) mass is 348 g/mol. The SMILES string of the molecule is CN=C(NCCN(C(C)C)C1CC1)NCc1ccc(OC)c(OC)c1. The maximum atomic E-state index is 5.35. The Balaban J connectivity index is 1.80. The molecule has 0 aliphatic heterocycles. The third-order valence-electron chi connectivity index (χ3n) is 4.47. The maximum absolute atomic E-state index is 5.35. The van der Waals surface area contributed by atoms with E-state index in [2.05, 4.69) is 34.4 Å². The number of benzene rings is 1. The van der Waals surface area contributed by atoms with Crippen molar-refractivity contribution in [3.05, 3.63) is 23.8 Å². The minimum atomic E-state index is 0.594.